The molecule has 1 aromatic rings. The normalized spacial score (nSPS) is 26.6. The number of aromatic nitrogens is 2. The first kappa shape index (κ1) is 10.0. The molecule has 0 saturated carbocycles. The Balaban J connectivity index is 2.19. The summed E-state index contributed by atoms with van der Waals surface area (Å²) < 4.78 is 0. The number of nitrogens with one attached hydrogen (secondary N) is 1. The molecule has 1 aliphatic rings. The fourth-order valence-electron chi connectivity index (χ4n) is 2.14. The lowest BCUT2D eigenvalue weighted by atomic mass is 9.93. The van der Waals surface area contributed by atoms with Crippen molar-refractivity contribution in [3.8, 4) is 0 Å². The van der Waals surface area contributed by atoms with E-state index >= 15 is 0 Å². The highest BCUT2D eigenvalue weighted by Crippen LogP contribution is 2.31. The number of piperidine rings is 1. The highest BCUT2D eigenvalue weighted by molar-refractivity contribution is 5.65. The third kappa shape index (κ3) is 1.95. The minimum absolute atomic E-state index is 0.0544. The van der Waals surface area contributed by atoms with Crippen LogP contribution in [-0.2, 0) is 0 Å². The number of aromatic amines is 1. The molecule has 1 amide bonds. The second-order valence-corrected chi connectivity index (χ2v) is 4.15. The van der Waals surface area contributed by atoms with E-state index in [2.05, 4.69) is 17.1 Å². The standard InChI is InChI=1S/C10H15N3O2/c1-7-2-3-9(8-4-5-11-12-8)13(6-7)10(14)15/h4-5,7,9H,2-3,6H2,1H3,(H,11,12)(H,14,15). The fraction of sp³-hybridized carbons (Fsp3) is 0.600. The summed E-state index contributed by atoms with van der Waals surface area (Å²) in [6.45, 7) is 2.69. The summed E-state index contributed by atoms with van der Waals surface area (Å²) in [7, 11) is 0. The van der Waals surface area contributed by atoms with Crippen LogP contribution in [0.1, 0.15) is 31.5 Å². The first-order chi connectivity index (χ1) is 7.18. The van der Waals surface area contributed by atoms with Gasteiger partial charge < -0.3 is 5.11 Å². The van der Waals surface area contributed by atoms with Gasteiger partial charge in [-0.2, -0.15) is 5.10 Å². The minimum Gasteiger partial charge on any atom is -0.465 e. The zero-order valence-electron chi connectivity index (χ0n) is 8.68. The van der Waals surface area contributed by atoms with Crippen molar-refractivity contribution >= 4 is 6.09 Å². The van der Waals surface area contributed by atoms with Crippen LogP contribution < -0.4 is 0 Å². The van der Waals surface area contributed by atoms with Gasteiger partial charge in [-0.25, -0.2) is 4.79 Å². The van der Waals surface area contributed by atoms with Crippen LogP contribution in [0.2, 0.25) is 0 Å². The van der Waals surface area contributed by atoms with Crippen LogP contribution >= 0.6 is 0 Å². The third-order valence-electron chi connectivity index (χ3n) is 2.94. The summed E-state index contributed by atoms with van der Waals surface area (Å²) >= 11 is 0. The zero-order valence-corrected chi connectivity index (χ0v) is 8.68. The van der Waals surface area contributed by atoms with E-state index in [1.807, 2.05) is 6.07 Å². The largest absolute Gasteiger partial charge is 0.465 e. The molecule has 1 aromatic heterocycles. The average Bonchev–Trinajstić information content (AvgIpc) is 2.70. The van der Waals surface area contributed by atoms with Crippen molar-refractivity contribution in [2.75, 3.05) is 6.54 Å². The van der Waals surface area contributed by atoms with Crippen molar-refractivity contribution in [3.63, 3.8) is 0 Å². The lowest BCUT2D eigenvalue weighted by Crippen LogP contribution is -2.40. The molecule has 2 heterocycles. The van der Waals surface area contributed by atoms with Gasteiger partial charge in [0.2, 0.25) is 0 Å². The number of carbonyl (C=O) groups is 1. The lowest BCUT2D eigenvalue weighted by Gasteiger charge is -2.36. The predicted molar refractivity (Wildman–Crippen MR) is 54.5 cm³/mol. The Morgan fingerprint density at radius 1 is 1.67 bits per heavy atom. The maximum absolute atomic E-state index is 11.1. The van der Waals surface area contributed by atoms with Gasteiger partial charge in [0, 0.05) is 12.7 Å². The van der Waals surface area contributed by atoms with Crippen LogP contribution in [0.3, 0.4) is 0 Å². The molecule has 1 saturated heterocycles. The summed E-state index contributed by atoms with van der Waals surface area (Å²) in [5.74, 6) is 0.445. The van der Waals surface area contributed by atoms with Gasteiger partial charge in [0.05, 0.1) is 11.7 Å². The van der Waals surface area contributed by atoms with Gasteiger partial charge >= 0.3 is 6.09 Å². The molecular formula is C10H15N3O2. The lowest BCUT2D eigenvalue weighted by molar-refractivity contribution is 0.0885. The summed E-state index contributed by atoms with van der Waals surface area (Å²) in [5.41, 5.74) is 0.893. The topological polar surface area (TPSA) is 69.2 Å². The highest BCUT2D eigenvalue weighted by atomic mass is 16.4. The van der Waals surface area contributed by atoms with E-state index in [9.17, 15) is 4.79 Å². The maximum Gasteiger partial charge on any atom is 0.407 e. The van der Waals surface area contributed by atoms with Crippen molar-refractivity contribution < 1.29 is 9.90 Å². The first-order valence-electron chi connectivity index (χ1n) is 5.17. The molecule has 2 atom stereocenters. The van der Waals surface area contributed by atoms with Crippen molar-refractivity contribution in [2.24, 2.45) is 5.92 Å². The highest BCUT2D eigenvalue weighted by Gasteiger charge is 2.31. The molecule has 2 N–H and O–H groups in total. The van der Waals surface area contributed by atoms with E-state index in [1.165, 1.54) is 4.90 Å². The second kappa shape index (κ2) is 3.92. The van der Waals surface area contributed by atoms with Crippen LogP contribution in [0.15, 0.2) is 12.3 Å². The Labute approximate surface area is 88.1 Å². The fourth-order valence-corrected chi connectivity index (χ4v) is 2.14. The maximum atomic E-state index is 11.1. The molecule has 5 heteroatoms. The number of carboxylic acid groups (broad SMARTS) is 1. The summed E-state index contributed by atoms with van der Waals surface area (Å²) in [4.78, 5) is 12.6. The number of rotatable bonds is 1. The number of hydrogen-bond donors (Lipinski definition) is 2. The molecule has 0 aliphatic carbocycles. The van der Waals surface area contributed by atoms with E-state index in [0.29, 0.717) is 12.5 Å². The van der Waals surface area contributed by atoms with Crippen molar-refractivity contribution in [1.29, 1.82) is 0 Å². The number of hydrogen-bond acceptors (Lipinski definition) is 2. The van der Waals surface area contributed by atoms with Crippen LogP contribution in [-0.4, -0.2) is 32.8 Å². The SMILES string of the molecule is CC1CCC(c2ccn[nH]2)N(C(=O)O)C1. The molecule has 1 aliphatic heterocycles. The average molecular weight is 209 g/mol. The molecule has 1 fully saturated rings. The molecular weight excluding hydrogens is 194 g/mol. The quantitative estimate of drug-likeness (QED) is 0.741. The predicted octanol–water partition coefficient (Wildman–Crippen LogP) is 1.86. The van der Waals surface area contributed by atoms with E-state index in [0.717, 1.165) is 18.5 Å². The number of likely N-dealkylation sites (tertiary alicyclic amines) is 1. The van der Waals surface area contributed by atoms with Crippen LogP contribution in [0.4, 0.5) is 4.79 Å². The molecule has 15 heavy (non-hydrogen) atoms. The number of nitrogens with zero attached hydrogens (tertiary/aromatic N) is 2. The summed E-state index contributed by atoms with van der Waals surface area (Å²) in [5, 5.41) is 15.8. The van der Waals surface area contributed by atoms with E-state index < -0.39 is 6.09 Å². The molecule has 0 radical (unpaired) electrons. The van der Waals surface area contributed by atoms with E-state index in [1.54, 1.807) is 6.20 Å². The molecule has 0 aromatic carbocycles. The molecule has 2 rings (SSSR count). The van der Waals surface area contributed by atoms with Gasteiger partial charge in [0.1, 0.15) is 0 Å². The summed E-state index contributed by atoms with van der Waals surface area (Å²) in [6.07, 6.45) is 2.75. The smallest absolute Gasteiger partial charge is 0.407 e. The first-order valence-corrected chi connectivity index (χ1v) is 5.17. The second-order valence-electron chi connectivity index (χ2n) is 4.15. The van der Waals surface area contributed by atoms with E-state index in [-0.39, 0.29) is 6.04 Å². The Morgan fingerprint density at radius 2 is 2.47 bits per heavy atom. The third-order valence-corrected chi connectivity index (χ3v) is 2.94. The number of H-pyrrole nitrogens is 1. The Bertz CT molecular complexity index is 336. The van der Waals surface area contributed by atoms with Gasteiger partial charge in [0.25, 0.3) is 0 Å². The monoisotopic (exact) mass is 209 g/mol. The zero-order chi connectivity index (χ0) is 10.8. The minimum atomic E-state index is -0.846. The number of amides is 1. The Hall–Kier alpha value is -1.52. The molecule has 5 nitrogen and oxygen atoms in total. The van der Waals surface area contributed by atoms with Crippen LogP contribution in [0.25, 0.3) is 0 Å². The molecule has 82 valence electrons. The van der Waals surface area contributed by atoms with Gasteiger partial charge in [-0.15, -0.1) is 0 Å². The van der Waals surface area contributed by atoms with Crippen LogP contribution in [0, 0.1) is 5.92 Å². The Morgan fingerprint density at radius 3 is 3.07 bits per heavy atom. The van der Waals surface area contributed by atoms with E-state index in [4.69, 9.17) is 5.11 Å². The molecule has 0 bridgehead atoms. The van der Waals surface area contributed by atoms with Crippen molar-refractivity contribution in [1.82, 2.24) is 15.1 Å². The van der Waals surface area contributed by atoms with Gasteiger partial charge in [-0.3, -0.25) is 10.00 Å². The Kier molecular flexibility index (Phi) is 2.62. The van der Waals surface area contributed by atoms with Crippen molar-refractivity contribution in [2.45, 2.75) is 25.8 Å². The van der Waals surface area contributed by atoms with Crippen molar-refractivity contribution in [3.05, 3.63) is 18.0 Å². The van der Waals surface area contributed by atoms with Crippen LogP contribution in [0.5, 0.6) is 0 Å². The molecule has 2 unspecified atom stereocenters. The summed E-state index contributed by atoms with van der Waals surface area (Å²) in [6, 6.07) is 1.79. The van der Waals surface area contributed by atoms with Gasteiger partial charge in [0.15, 0.2) is 0 Å². The molecule has 0 spiro atoms. The van der Waals surface area contributed by atoms with Gasteiger partial charge in [-0.05, 0) is 24.8 Å². The van der Waals surface area contributed by atoms with Gasteiger partial charge in [-0.1, -0.05) is 6.92 Å².